The Kier molecular flexibility index (Phi) is 5.62. The molecule has 4 nitrogen and oxygen atoms in total. The SMILES string of the molecule is Cc1ccc(OC[C@@H](O)CN2C[C@H](C)O[C@@H](C)C2)c(C)c1. The molecule has 3 atom stereocenters. The van der Waals surface area contributed by atoms with Crippen molar-refractivity contribution in [1.82, 2.24) is 4.90 Å². The molecule has 0 radical (unpaired) electrons. The second kappa shape index (κ2) is 7.25. The van der Waals surface area contributed by atoms with E-state index in [4.69, 9.17) is 9.47 Å². The van der Waals surface area contributed by atoms with Gasteiger partial charge in [-0.3, -0.25) is 4.90 Å². The van der Waals surface area contributed by atoms with Crippen molar-refractivity contribution in [2.45, 2.75) is 46.0 Å². The number of β-amino-alcohol motifs (C(OH)–C–C–N with tert-alkyl or cyclic N) is 1. The van der Waals surface area contributed by atoms with Crippen LogP contribution in [0.3, 0.4) is 0 Å². The average Bonchev–Trinajstić information content (AvgIpc) is 2.36. The lowest BCUT2D eigenvalue weighted by Gasteiger charge is -2.36. The number of benzene rings is 1. The molecule has 1 aromatic rings. The summed E-state index contributed by atoms with van der Waals surface area (Å²) >= 11 is 0. The van der Waals surface area contributed by atoms with Crippen molar-refractivity contribution in [3.8, 4) is 5.75 Å². The summed E-state index contributed by atoms with van der Waals surface area (Å²) in [6, 6.07) is 6.09. The fourth-order valence-electron chi connectivity index (χ4n) is 2.93. The molecule has 0 saturated carbocycles. The van der Waals surface area contributed by atoms with Gasteiger partial charge in [0.1, 0.15) is 18.5 Å². The van der Waals surface area contributed by atoms with Gasteiger partial charge < -0.3 is 14.6 Å². The van der Waals surface area contributed by atoms with Crippen LogP contribution in [0.1, 0.15) is 25.0 Å². The first-order valence-electron chi connectivity index (χ1n) is 7.70. The van der Waals surface area contributed by atoms with Crippen molar-refractivity contribution in [1.29, 1.82) is 0 Å². The Morgan fingerprint density at radius 3 is 2.57 bits per heavy atom. The van der Waals surface area contributed by atoms with E-state index in [0.717, 1.165) is 24.4 Å². The van der Waals surface area contributed by atoms with Gasteiger partial charge in [-0.2, -0.15) is 0 Å². The normalized spacial score (nSPS) is 24.8. The van der Waals surface area contributed by atoms with Gasteiger partial charge >= 0.3 is 0 Å². The lowest BCUT2D eigenvalue weighted by molar-refractivity contribution is -0.0786. The molecule has 0 aliphatic carbocycles. The molecule has 4 heteroatoms. The fraction of sp³-hybridized carbons (Fsp3) is 0.647. The molecule has 1 saturated heterocycles. The molecule has 0 spiro atoms. The van der Waals surface area contributed by atoms with Crippen molar-refractivity contribution in [3.05, 3.63) is 29.3 Å². The van der Waals surface area contributed by atoms with Crippen LogP contribution in [0.2, 0.25) is 0 Å². The smallest absolute Gasteiger partial charge is 0.122 e. The number of hydrogen-bond donors (Lipinski definition) is 1. The maximum atomic E-state index is 10.2. The number of morpholine rings is 1. The number of aryl methyl sites for hydroxylation is 2. The molecule has 21 heavy (non-hydrogen) atoms. The lowest BCUT2D eigenvalue weighted by Crippen LogP contribution is -2.48. The third kappa shape index (κ3) is 4.99. The summed E-state index contributed by atoms with van der Waals surface area (Å²) in [6.45, 7) is 10.9. The number of aliphatic hydroxyl groups is 1. The Morgan fingerprint density at radius 2 is 1.95 bits per heavy atom. The van der Waals surface area contributed by atoms with E-state index in [1.165, 1.54) is 5.56 Å². The van der Waals surface area contributed by atoms with Crippen LogP contribution in [0.25, 0.3) is 0 Å². The van der Waals surface area contributed by atoms with E-state index in [1.807, 2.05) is 19.1 Å². The highest BCUT2D eigenvalue weighted by atomic mass is 16.5. The molecule has 0 aromatic heterocycles. The summed E-state index contributed by atoms with van der Waals surface area (Å²) < 4.78 is 11.4. The molecule has 0 bridgehead atoms. The van der Waals surface area contributed by atoms with Gasteiger partial charge in [0.2, 0.25) is 0 Å². The van der Waals surface area contributed by atoms with Crippen LogP contribution in [-0.4, -0.2) is 54.6 Å². The van der Waals surface area contributed by atoms with E-state index in [2.05, 4.69) is 31.7 Å². The molecule has 1 heterocycles. The average molecular weight is 293 g/mol. The zero-order valence-corrected chi connectivity index (χ0v) is 13.5. The van der Waals surface area contributed by atoms with E-state index in [1.54, 1.807) is 0 Å². The van der Waals surface area contributed by atoms with Crippen LogP contribution < -0.4 is 4.74 Å². The highest BCUT2D eigenvalue weighted by Gasteiger charge is 2.23. The Hall–Kier alpha value is -1.10. The van der Waals surface area contributed by atoms with Crippen molar-refractivity contribution in [2.75, 3.05) is 26.2 Å². The predicted octanol–water partition coefficient (Wildman–Crippen LogP) is 2.15. The molecule has 2 rings (SSSR count). The Morgan fingerprint density at radius 1 is 1.29 bits per heavy atom. The zero-order valence-electron chi connectivity index (χ0n) is 13.5. The third-order valence-corrected chi connectivity index (χ3v) is 3.73. The van der Waals surface area contributed by atoms with Crippen molar-refractivity contribution >= 4 is 0 Å². The fourth-order valence-corrected chi connectivity index (χ4v) is 2.93. The van der Waals surface area contributed by atoms with Crippen LogP contribution in [0.15, 0.2) is 18.2 Å². The van der Waals surface area contributed by atoms with Gasteiger partial charge in [0.25, 0.3) is 0 Å². The van der Waals surface area contributed by atoms with Crippen molar-refractivity contribution < 1.29 is 14.6 Å². The van der Waals surface area contributed by atoms with Gasteiger partial charge in [-0.1, -0.05) is 17.7 Å². The second-order valence-electron chi connectivity index (χ2n) is 6.21. The molecule has 118 valence electrons. The van der Waals surface area contributed by atoms with Crippen LogP contribution in [-0.2, 0) is 4.74 Å². The lowest BCUT2D eigenvalue weighted by atomic mass is 10.1. The third-order valence-electron chi connectivity index (χ3n) is 3.73. The Labute approximate surface area is 127 Å². The topological polar surface area (TPSA) is 41.9 Å². The summed E-state index contributed by atoms with van der Waals surface area (Å²) in [7, 11) is 0. The van der Waals surface area contributed by atoms with Gasteiger partial charge in [-0.05, 0) is 39.3 Å². The largest absolute Gasteiger partial charge is 0.491 e. The minimum Gasteiger partial charge on any atom is -0.491 e. The van der Waals surface area contributed by atoms with Crippen molar-refractivity contribution in [3.63, 3.8) is 0 Å². The maximum Gasteiger partial charge on any atom is 0.122 e. The zero-order chi connectivity index (χ0) is 15.4. The summed E-state index contributed by atoms with van der Waals surface area (Å²) in [6.07, 6.45) is -0.0365. The highest BCUT2D eigenvalue weighted by molar-refractivity contribution is 5.35. The summed E-state index contributed by atoms with van der Waals surface area (Å²) in [5, 5.41) is 10.2. The van der Waals surface area contributed by atoms with Gasteiger partial charge in [-0.15, -0.1) is 0 Å². The highest BCUT2D eigenvalue weighted by Crippen LogP contribution is 2.19. The van der Waals surface area contributed by atoms with Gasteiger partial charge in [0, 0.05) is 19.6 Å². The number of nitrogens with zero attached hydrogens (tertiary/aromatic N) is 1. The van der Waals surface area contributed by atoms with Crippen molar-refractivity contribution in [2.24, 2.45) is 0 Å². The molecule has 0 unspecified atom stereocenters. The second-order valence-corrected chi connectivity index (χ2v) is 6.21. The first kappa shape index (κ1) is 16.3. The summed E-state index contributed by atoms with van der Waals surface area (Å²) in [5.41, 5.74) is 2.33. The van der Waals surface area contributed by atoms with E-state index in [9.17, 15) is 5.11 Å². The Balaban J connectivity index is 1.80. The minimum absolute atomic E-state index is 0.223. The molecule has 1 aliphatic rings. The van der Waals surface area contributed by atoms with E-state index >= 15 is 0 Å². The van der Waals surface area contributed by atoms with Crippen LogP contribution in [0.4, 0.5) is 0 Å². The first-order valence-corrected chi connectivity index (χ1v) is 7.70. The van der Waals surface area contributed by atoms with Gasteiger partial charge in [0.15, 0.2) is 0 Å². The predicted molar refractivity (Wildman–Crippen MR) is 83.9 cm³/mol. The molecule has 1 aliphatic heterocycles. The van der Waals surface area contributed by atoms with Crippen LogP contribution >= 0.6 is 0 Å². The quantitative estimate of drug-likeness (QED) is 0.903. The Bertz CT molecular complexity index is 453. The van der Waals surface area contributed by atoms with Crippen LogP contribution in [0.5, 0.6) is 5.75 Å². The summed E-state index contributed by atoms with van der Waals surface area (Å²) in [5.74, 6) is 0.850. The first-order chi connectivity index (χ1) is 9.94. The van der Waals surface area contributed by atoms with E-state index < -0.39 is 6.10 Å². The molecular formula is C17H27NO3. The number of aliphatic hydroxyl groups excluding tert-OH is 1. The standard InChI is InChI=1S/C17H27NO3/c1-12-5-6-17(13(2)7-12)20-11-16(19)10-18-8-14(3)21-15(4)9-18/h5-7,14-16,19H,8-11H2,1-4H3/t14-,15-,16-/m0/s1. The van der Waals surface area contributed by atoms with Gasteiger partial charge in [-0.25, -0.2) is 0 Å². The number of rotatable bonds is 5. The van der Waals surface area contributed by atoms with Crippen LogP contribution in [0, 0.1) is 13.8 Å². The van der Waals surface area contributed by atoms with E-state index in [0.29, 0.717) is 13.2 Å². The molecule has 1 fully saturated rings. The monoisotopic (exact) mass is 293 g/mol. The maximum absolute atomic E-state index is 10.2. The number of ether oxygens (including phenoxy) is 2. The van der Waals surface area contributed by atoms with E-state index in [-0.39, 0.29) is 12.2 Å². The number of hydrogen-bond acceptors (Lipinski definition) is 4. The minimum atomic E-state index is -0.483. The molecule has 1 aromatic carbocycles. The van der Waals surface area contributed by atoms with Gasteiger partial charge in [0.05, 0.1) is 12.2 Å². The molecule has 0 amide bonds. The molecule has 1 N–H and O–H groups in total. The summed E-state index contributed by atoms with van der Waals surface area (Å²) in [4.78, 5) is 2.24. The molecular weight excluding hydrogens is 266 g/mol.